The smallest absolute Gasteiger partial charge is 0.315 e. The number of carbonyl (C=O) groups is 2. The molecule has 3 aromatic carbocycles. The molecule has 0 aliphatic carbocycles. The van der Waals surface area contributed by atoms with Crippen LogP contribution in [0, 0.1) is 0 Å². The quantitative estimate of drug-likeness (QED) is 0.634. The largest absolute Gasteiger partial charge is 0.416 e. The van der Waals surface area contributed by atoms with Crippen molar-refractivity contribution in [3.05, 3.63) is 107 Å². The summed E-state index contributed by atoms with van der Waals surface area (Å²) >= 11 is 0. The third-order valence-corrected chi connectivity index (χ3v) is 5.11. The molecule has 152 valence electrons. The Morgan fingerprint density at radius 2 is 1.37 bits per heavy atom. The summed E-state index contributed by atoms with van der Waals surface area (Å²) < 4.78 is 39.1. The van der Waals surface area contributed by atoms with Gasteiger partial charge in [-0.1, -0.05) is 72.8 Å². The molecule has 1 heterocycles. The molecule has 1 saturated heterocycles. The minimum absolute atomic E-state index is 0.213. The van der Waals surface area contributed by atoms with Gasteiger partial charge in [0.05, 0.1) is 12.1 Å². The summed E-state index contributed by atoms with van der Waals surface area (Å²) in [5.41, 5.74) is -0.918. The molecule has 0 spiro atoms. The van der Waals surface area contributed by atoms with Gasteiger partial charge in [0.1, 0.15) is 0 Å². The van der Waals surface area contributed by atoms with Crippen molar-refractivity contribution < 1.29 is 22.8 Å². The van der Waals surface area contributed by atoms with E-state index in [-0.39, 0.29) is 12.1 Å². The first-order chi connectivity index (χ1) is 14.3. The fourth-order valence-corrected chi connectivity index (χ4v) is 3.68. The maximum Gasteiger partial charge on any atom is 0.416 e. The van der Waals surface area contributed by atoms with E-state index in [4.69, 9.17) is 0 Å². The minimum atomic E-state index is -4.51. The summed E-state index contributed by atoms with van der Waals surface area (Å²) in [7, 11) is 0. The summed E-state index contributed by atoms with van der Waals surface area (Å²) in [5, 5.41) is 2.78. The van der Waals surface area contributed by atoms with Crippen molar-refractivity contribution in [1.29, 1.82) is 0 Å². The van der Waals surface area contributed by atoms with Crippen LogP contribution in [0.25, 0.3) is 0 Å². The second kappa shape index (κ2) is 7.33. The number of carbonyl (C=O) groups excluding carboxylic acids is 2. The van der Waals surface area contributed by atoms with E-state index < -0.39 is 29.2 Å². The number of alkyl halides is 3. The topological polar surface area (TPSA) is 49.4 Å². The molecule has 0 unspecified atom stereocenters. The average Bonchev–Trinajstić information content (AvgIpc) is 3.00. The van der Waals surface area contributed by atoms with Gasteiger partial charge in [-0.3, -0.25) is 9.69 Å². The molecule has 3 amide bonds. The third kappa shape index (κ3) is 3.32. The zero-order chi connectivity index (χ0) is 21.4. The standard InChI is InChI=1S/C23H17F3N2O2/c24-23(25,26)19-13-7-8-16(14-19)15-28-20(29)22(27-21(28)30,17-9-3-1-4-10-17)18-11-5-2-6-12-18/h1-14H,15H2,(H,27,30). The maximum absolute atomic E-state index is 13.5. The number of hydrogen-bond acceptors (Lipinski definition) is 2. The number of benzene rings is 3. The molecule has 1 N–H and O–H groups in total. The molecule has 7 heteroatoms. The van der Waals surface area contributed by atoms with Crippen molar-refractivity contribution in [2.75, 3.05) is 0 Å². The Labute approximate surface area is 170 Å². The highest BCUT2D eigenvalue weighted by molar-refractivity contribution is 6.09. The van der Waals surface area contributed by atoms with Crippen LogP contribution in [0.15, 0.2) is 84.9 Å². The van der Waals surface area contributed by atoms with Crippen molar-refractivity contribution in [1.82, 2.24) is 10.2 Å². The molecule has 1 aliphatic heterocycles. The Morgan fingerprint density at radius 1 is 0.800 bits per heavy atom. The van der Waals surface area contributed by atoms with E-state index in [1.807, 2.05) is 0 Å². The molecule has 1 fully saturated rings. The lowest BCUT2D eigenvalue weighted by atomic mass is 9.82. The van der Waals surface area contributed by atoms with Crippen molar-refractivity contribution in [3.63, 3.8) is 0 Å². The summed E-state index contributed by atoms with van der Waals surface area (Å²) in [6.07, 6.45) is -4.51. The third-order valence-electron chi connectivity index (χ3n) is 5.11. The Bertz CT molecular complexity index is 1040. The number of imide groups is 1. The van der Waals surface area contributed by atoms with Crippen LogP contribution in [0.2, 0.25) is 0 Å². The molecule has 3 aromatic rings. The molecule has 0 saturated carbocycles. The van der Waals surface area contributed by atoms with Gasteiger partial charge >= 0.3 is 12.2 Å². The van der Waals surface area contributed by atoms with E-state index in [1.165, 1.54) is 12.1 Å². The van der Waals surface area contributed by atoms with Crippen LogP contribution in [0.3, 0.4) is 0 Å². The van der Waals surface area contributed by atoms with E-state index in [2.05, 4.69) is 5.32 Å². The Hall–Kier alpha value is -3.61. The normalized spacial score (nSPS) is 15.9. The fraction of sp³-hybridized carbons (Fsp3) is 0.130. The van der Waals surface area contributed by atoms with Crippen LogP contribution in [0.4, 0.5) is 18.0 Å². The van der Waals surface area contributed by atoms with Crippen LogP contribution in [0.5, 0.6) is 0 Å². The van der Waals surface area contributed by atoms with Crippen LogP contribution in [0.1, 0.15) is 22.3 Å². The molecule has 1 aliphatic rings. The minimum Gasteiger partial charge on any atom is -0.315 e. The van der Waals surface area contributed by atoms with E-state index in [1.54, 1.807) is 60.7 Å². The number of nitrogens with one attached hydrogen (secondary N) is 1. The van der Waals surface area contributed by atoms with Crippen LogP contribution in [-0.4, -0.2) is 16.8 Å². The van der Waals surface area contributed by atoms with Crippen molar-refractivity contribution >= 4 is 11.9 Å². The highest BCUT2D eigenvalue weighted by Gasteiger charge is 2.53. The van der Waals surface area contributed by atoms with Gasteiger partial charge in [0.25, 0.3) is 5.91 Å². The molecule has 30 heavy (non-hydrogen) atoms. The van der Waals surface area contributed by atoms with E-state index in [0.29, 0.717) is 11.1 Å². The number of amides is 3. The van der Waals surface area contributed by atoms with Crippen LogP contribution in [-0.2, 0) is 23.1 Å². The first-order valence-electron chi connectivity index (χ1n) is 9.23. The van der Waals surface area contributed by atoms with Crippen LogP contribution < -0.4 is 5.32 Å². The first kappa shape index (κ1) is 19.7. The van der Waals surface area contributed by atoms with Crippen LogP contribution >= 0.6 is 0 Å². The maximum atomic E-state index is 13.5. The van der Waals surface area contributed by atoms with Gasteiger partial charge in [-0.2, -0.15) is 13.2 Å². The number of rotatable bonds is 4. The summed E-state index contributed by atoms with van der Waals surface area (Å²) in [6.45, 7) is -0.268. The second-order valence-electron chi connectivity index (χ2n) is 7.00. The Kier molecular flexibility index (Phi) is 4.81. The van der Waals surface area contributed by atoms with E-state index in [0.717, 1.165) is 17.0 Å². The highest BCUT2D eigenvalue weighted by Crippen LogP contribution is 2.37. The molecule has 4 rings (SSSR count). The summed E-state index contributed by atoms with van der Waals surface area (Å²) in [4.78, 5) is 27.3. The van der Waals surface area contributed by atoms with Gasteiger partial charge in [-0.15, -0.1) is 0 Å². The lowest BCUT2D eigenvalue weighted by molar-refractivity contribution is -0.137. The fourth-order valence-electron chi connectivity index (χ4n) is 3.68. The van der Waals surface area contributed by atoms with Gasteiger partial charge in [0, 0.05) is 0 Å². The predicted molar refractivity (Wildman–Crippen MR) is 104 cm³/mol. The second-order valence-corrected chi connectivity index (χ2v) is 7.00. The lowest BCUT2D eigenvalue weighted by Crippen LogP contribution is -2.45. The number of halogens is 3. The summed E-state index contributed by atoms with van der Waals surface area (Å²) in [6, 6.07) is 21.5. The monoisotopic (exact) mass is 410 g/mol. The SMILES string of the molecule is O=C1NC(c2ccccc2)(c2ccccc2)C(=O)N1Cc1cccc(C(F)(F)F)c1. The van der Waals surface area contributed by atoms with Gasteiger partial charge in [-0.05, 0) is 28.8 Å². The molecule has 0 radical (unpaired) electrons. The Balaban J connectivity index is 1.75. The molecular weight excluding hydrogens is 393 g/mol. The zero-order valence-electron chi connectivity index (χ0n) is 15.7. The molecule has 0 atom stereocenters. The highest BCUT2D eigenvalue weighted by atomic mass is 19.4. The van der Waals surface area contributed by atoms with E-state index >= 15 is 0 Å². The molecule has 0 bridgehead atoms. The first-order valence-corrected chi connectivity index (χ1v) is 9.23. The lowest BCUT2D eigenvalue weighted by Gasteiger charge is -2.28. The predicted octanol–water partition coefficient (Wildman–Crippen LogP) is 4.70. The van der Waals surface area contributed by atoms with Gasteiger partial charge < -0.3 is 5.32 Å². The zero-order valence-corrected chi connectivity index (χ0v) is 15.7. The van der Waals surface area contributed by atoms with Gasteiger partial charge in [-0.25, -0.2) is 4.79 Å². The molecule has 4 nitrogen and oxygen atoms in total. The van der Waals surface area contributed by atoms with Crippen molar-refractivity contribution in [3.8, 4) is 0 Å². The summed E-state index contributed by atoms with van der Waals surface area (Å²) in [5.74, 6) is -0.540. The Morgan fingerprint density at radius 3 is 1.90 bits per heavy atom. The number of nitrogens with zero attached hydrogens (tertiary/aromatic N) is 1. The van der Waals surface area contributed by atoms with Crippen molar-refractivity contribution in [2.45, 2.75) is 18.3 Å². The van der Waals surface area contributed by atoms with Gasteiger partial charge in [0.15, 0.2) is 5.54 Å². The number of urea groups is 1. The van der Waals surface area contributed by atoms with Gasteiger partial charge in [0.2, 0.25) is 0 Å². The van der Waals surface area contributed by atoms with Crippen molar-refractivity contribution in [2.24, 2.45) is 0 Å². The molecule has 0 aromatic heterocycles. The van der Waals surface area contributed by atoms with E-state index in [9.17, 15) is 22.8 Å². The molecular formula is C23H17F3N2O2. The number of hydrogen-bond donors (Lipinski definition) is 1. The average molecular weight is 410 g/mol.